The van der Waals surface area contributed by atoms with Crippen molar-refractivity contribution in [3.05, 3.63) is 59.7 Å². The van der Waals surface area contributed by atoms with E-state index in [4.69, 9.17) is 0 Å². The van der Waals surface area contributed by atoms with Gasteiger partial charge in [0.1, 0.15) is 0 Å². The number of anilines is 2. The highest BCUT2D eigenvalue weighted by Crippen LogP contribution is 2.22. The first-order valence-electron chi connectivity index (χ1n) is 9.36. The van der Waals surface area contributed by atoms with E-state index in [2.05, 4.69) is 15.5 Å². The Labute approximate surface area is 173 Å². The number of rotatable bonds is 8. The van der Waals surface area contributed by atoms with Gasteiger partial charge in [0.15, 0.2) is 0 Å². The van der Waals surface area contributed by atoms with E-state index in [0.29, 0.717) is 17.7 Å². The Kier molecular flexibility index (Phi) is 7.26. The quantitative estimate of drug-likeness (QED) is 0.614. The SMILES string of the molecule is O=C(CCCN1CCSC1)Nc1ccc(C(=O)O)c(NC(=O)c2ccccc2)c1. The maximum Gasteiger partial charge on any atom is 0.337 e. The van der Waals surface area contributed by atoms with Crippen molar-refractivity contribution in [2.45, 2.75) is 12.8 Å². The molecule has 0 aromatic heterocycles. The van der Waals surface area contributed by atoms with Gasteiger partial charge >= 0.3 is 5.97 Å². The number of hydrogen-bond acceptors (Lipinski definition) is 5. The van der Waals surface area contributed by atoms with Gasteiger partial charge in [-0.15, -0.1) is 11.8 Å². The molecule has 1 fully saturated rings. The van der Waals surface area contributed by atoms with Crippen molar-refractivity contribution < 1.29 is 19.5 Å². The lowest BCUT2D eigenvalue weighted by Crippen LogP contribution is -2.22. The number of nitrogens with one attached hydrogen (secondary N) is 2. The minimum absolute atomic E-state index is 0.0428. The van der Waals surface area contributed by atoms with Crippen LogP contribution in [0.2, 0.25) is 0 Å². The second-order valence-corrected chi connectivity index (χ2v) is 7.77. The van der Waals surface area contributed by atoms with Crippen molar-refractivity contribution in [1.82, 2.24) is 4.90 Å². The number of nitrogens with zero attached hydrogens (tertiary/aromatic N) is 1. The molecule has 0 unspecified atom stereocenters. The van der Waals surface area contributed by atoms with Gasteiger partial charge < -0.3 is 15.7 Å². The van der Waals surface area contributed by atoms with E-state index in [1.807, 2.05) is 11.8 Å². The van der Waals surface area contributed by atoms with Gasteiger partial charge in [-0.05, 0) is 43.3 Å². The van der Waals surface area contributed by atoms with Crippen molar-refractivity contribution in [3.63, 3.8) is 0 Å². The van der Waals surface area contributed by atoms with Crippen LogP contribution in [0.5, 0.6) is 0 Å². The summed E-state index contributed by atoms with van der Waals surface area (Å²) in [6.45, 7) is 1.95. The number of carboxylic acids is 1. The van der Waals surface area contributed by atoms with Gasteiger partial charge in [-0.2, -0.15) is 0 Å². The maximum absolute atomic E-state index is 12.4. The van der Waals surface area contributed by atoms with E-state index in [0.717, 1.165) is 31.1 Å². The van der Waals surface area contributed by atoms with Crippen LogP contribution < -0.4 is 10.6 Å². The topological polar surface area (TPSA) is 98.7 Å². The lowest BCUT2D eigenvalue weighted by atomic mass is 10.1. The second-order valence-electron chi connectivity index (χ2n) is 6.69. The molecule has 29 heavy (non-hydrogen) atoms. The fourth-order valence-electron chi connectivity index (χ4n) is 3.01. The second kappa shape index (κ2) is 10.1. The van der Waals surface area contributed by atoms with E-state index in [1.165, 1.54) is 18.2 Å². The first-order chi connectivity index (χ1) is 14.0. The summed E-state index contributed by atoms with van der Waals surface area (Å²) in [6, 6.07) is 12.9. The normalized spacial score (nSPS) is 13.8. The van der Waals surface area contributed by atoms with Crippen LogP contribution in [-0.2, 0) is 4.79 Å². The molecule has 1 aliphatic heterocycles. The molecule has 1 aliphatic rings. The Bertz CT molecular complexity index is 883. The molecule has 0 bridgehead atoms. The van der Waals surface area contributed by atoms with Crippen molar-refractivity contribution in [1.29, 1.82) is 0 Å². The number of amides is 2. The van der Waals surface area contributed by atoms with Gasteiger partial charge in [-0.25, -0.2) is 4.79 Å². The van der Waals surface area contributed by atoms with E-state index < -0.39 is 11.9 Å². The molecule has 2 aromatic rings. The predicted octanol–water partition coefficient (Wildman–Crippen LogP) is 3.36. The Morgan fingerprint density at radius 1 is 1.07 bits per heavy atom. The Hall–Kier alpha value is -2.84. The van der Waals surface area contributed by atoms with Crippen molar-refractivity contribution >= 4 is 40.9 Å². The summed E-state index contributed by atoms with van der Waals surface area (Å²) >= 11 is 1.89. The van der Waals surface area contributed by atoms with Gasteiger partial charge in [-0.1, -0.05) is 18.2 Å². The summed E-state index contributed by atoms with van der Waals surface area (Å²) in [6.07, 6.45) is 1.14. The molecular weight excluding hydrogens is 390 g/mol. The van der Waals surface area contributed by atoms with Crippen LogP contribution in [-0.4, -0.2) is 52.5 Å². The lowest BCUT2D eigenvalue weighted by molar-refractivity contribution is -0.116. The summed E-state index contributed by atoms with van der Waals surface area (Å²) in [4.78, 5) is 38.4. The van der Waals surface area contributed by atoms with Crippen LogP contribution in [0.15, 0.2) is 48.5 Å². The number of thioether (sulfide) groups is 1. The molecule has 0 spiro atoms. The molecule has 8 heteroatoms. The number of carbonyl (C=O) groups excluding carboxylic acids is 2. The molecule has 3 N–H and O–H groups in total. The van der Waals surface area contributed by atoms with Crippen LogP contribution in [0.1, 0.15) is 33.6 Å². The number of benzene rings is 2. The fourth-order valence-corrected chi connectivity index (χ4v) is 4.04. The molecule has 1 saturated heterocycles. The molecule has 0 aliphatic carbocycles. The van der Waals surface area contributed by atoms with Gasteiger partial charge in [0, 0.05) is 35.8 Å². The average Bonchev–Trinajstić information content (AvgIpc) is 3.22. The fraction of sp³-hybridized carbons (Fsp3) is 0.286. The molecule has 3 rings (SSSR count). The summed E-state index contributed by atoms with van der Waals surface area (Å²) in [5.41, 5.74) is 0.954. The molecule has 0 atom stereocenters. The highest BCUT2D eigenvalue weighted by atomic mass is 32.2. The Balaban J connectivity index is 1.63. The molecule has 2 amide bonds. The van der Waals surface area contributed by atoms with Crippen molar-refractivity contribution in [2.75, 3.05) is 35.4 Å². The highest BCUT2D eigenvalue weighted by Gasteiger charge is 2.16. The highest BCUT2D eigenvalue weighted by molar-refractivity contribution is 7.99. The first-order valence-corrected chi connectivity index (χ1v) is 10.5. The Morgan fingerprint density at radius 3 is 2.55 bits per heavy atom. The summed E-state index contributed by atoms with van der Waals surface area (Å²) in [5, 5.41) is 14.8. The first kappa shape index (κ1) is 20.9. The number of carboxylic acid groups (broad SMARTS) is 1. The molecular formula is C21H23N3O4S. The van der Waals surface area contributed by atoms with Gasteiger partial charge in [-0.3, -0.25) is 14.5 Å². The summed E-state index contributed by atoms with van der Waals surface area (Å²) in [5.74, 6) is 0.442. The van der Waals surface area contributed by atoms with E-state index in [-0.39, 0.29) is 17.2 Å². The van der Waals surface area contributed by atoms with Crippen LogP contribution in [0.25, 0.3) is 0 Å². The third kappa shape index (κ3) is 6.07. The summed E-state index contributed by atoms with van der Waals surface area (Å²) < 4.78 is 0. The molecule has 2 aromatic carbocycles. The van der Waals surface area contributed by atoms with Crippen LogP contribution >= 0.6 is 11.8 Å². The molecule has 0 radical (unpaired) electrons. The molecule has 1 heterocycles. The monoisotopic (exact) mass is 413 g/mol. The molecule has 152 valence electrons. The third-order valence-corrected chi connectivity index (χ3v) is 5.54. The minimum atomic E-state index is -1.16. The van der Waals surface area contributed by atoms with Crippen LogP contribution in [0, 0.1) is 0 Å². The number of carbonyl (C=O) groups is 3. The van der Waals surface area contributed by atoms with E-state index in [9.17, 15) is 19.5 Å². The standard InChI is InChI=1S/C21H23N3O4S/c25-19(7-4-10-24-11-12-29-14-24)22-16-8-9-17(21(27)28)18(13-16)23-20(26)15-5-2-1-3-6-15/h1-3,5-6,8-9,13H,4,7,10-12,14H2,(H,22,25)(H,23,26)(H,27,28). The largest absolute Gasteiger partial charge is 0.478 e. The third-order valence-electron chi connectivity index (χ3n) is 4.52. The smallest absolute Gasteiger partial charge is 0.337 e. The maximum atomic E-state index is 12.4. The zero-order valence-corrected chi connectivity index (χ0v) is 16.7. The predicted molar refractivity (Wildman–Crippen MR) is 115 cm³/mol. The lowest BCUT2D eigenvalue weighted by Gasteiger charge is -2.14. The Morgan fingerprint density at radius 2 is 1.86 bits per heavy atom. The number of aromatic carboxylic acids is 1. The average molecular weight is 413 g/mol. The van der Waals surface area contributed by atoms with E-state index >= 15 is 0 Å². The van der Waals surface area contributed by atoms with Crippen LogP contribution in [0.4, 0.5) is 11.4 Å². The molecule has 7 nitrogen and oxygen atoms in total. The van der Waals surface area contributed by atoms with Crippen molar-refractivity contribution in [2.24, 2.45) is 0 Å². The van der Waals surface area contributed by atoms with E-state index in [1.54, 1.807) is 30.3 Å². The van der Waals surface area contributed by atoms with Gasteiger partial charge in [0.2, 0.25) is 5.91 Å². The zero-order valence-electron chi connectivity index (χ0n) is 15.9. The zero-order chi connectivity index (χ0) is 20.6. The van der Waals surface area contributed by atoms with Crippen LogP contribution in [0.3, 0.4) is 0 Å². The summed E-state index contributed by atoms with van der Waals surface area (Å²) in [7, 11) is 0. The van der Waals surface area contributed by atoms with Gasteiger partial charge in [0.25, 0.3) is 5.91 Å². The minimum Gasteiger partial charge on any atom is -0.478 e. The van der Waals surface area contributed by atoms with Gasteiger partial charge in [0.05, 0.1) is 11.3 Å². The van der Waals surface area contributed by atoms with Crippen molar-refractivity contribution in [3.8, 4) is 0 Å². The number of hydrogen-bond donors (Lipinski definition) is 3. The molecule has 0 saturated carbocycles.